The average Bonchev–Trinajstić information content (AvgIpc) is 2.66. The fraction of sp³-hybridized carbons (Fsp3) is 0.846. The van der Waals surface area contributed by atoms with E-state index in [1.807, 2.05) is 4.90 Å². The lowest BCUT2D eigenvalue weighted by atomic mass is 9.84. The lowest BCUT2D eigenvalue weighted by molar-refractivity contribution is -0.138. The first-order valence-corrected chi connectivity index (χ1v) is 7.17. The van der Waals surface area contributed by atoms with Crippen molar-refractivity contribution in [1.29, 1.82) is 0 Å². The molecule has 2 rings (SSSR count). The van der Waals surface area contributed by atoms with Gasteiger partial charge in [-0.2, -0.15) is 0 Å². The third kappa shape index (κ3) is 2.46. The standard InChI is InChI=1S/C13H22N2OS/c14-11(17)13(7-3-4-8-13)12(16)15-9-5-1-2-6-10-15/h1-10H2,(H2,14,17). The SMILES string of the molecule is NC(=S)C1(C(=O)N2CCCCCC2)CCCC1. The van der Waals surface area contributed by atoms with Crippen molar-refractivity contribution in [3.8, 4) is 0 Å². The second-order valence-corrected chi connectivity index (χ2v) is 5.80. The van der Waals surface area contributed by atoms with Crippen LogP contribution >= 0.6 is 12.2 Å². The Morgan fingerprint density at radius 1 is 1.00 bits per heavy atom. The van der Waals surface area contributed by atoms with Gasteiger partial charge >= 0.3 is 0 Å². The van der Waals surface area contributed by atoms with Crippen molar-refractivity contribution in [2.24, 2.45) is 11.1 Å². The van der Waals surface area contributed by atoms with Gasteiger partial charge in [0.15, 0.2) is 0 Å². The normalized spacial score (nSPS) is 24.4. The van der Waals surface area contributed by atoms with Gasteiger partial charge in [-0.1, -0.05) is 37.9 Å². The molecule has 1 saturated heterocycles. The van der Waals surface area contributed by atoms with Crippen molar-refractivity contribution in [3.63, 3.8) is 0 Å². The summed E-state index contributed by atoms with van der Waals surface area (Å²) in [5.41, 5.74) is 5.36. The van der Waals surface area contributed by atoms with Crippen LogP contribution in [0, 0.1) is 5.41 Å². The number of nitrogens with two attached hydrogens (primary N) is 1. The Morgan fingerprint density at radius 2 is 1.53 bits per heavy atom. The van der Waals surface area contributed by atoms with E-state index in [2.05, 4.69) is 0 Å². The third-order valence-electron chi connectivity index (χ3n) is 4.23. The molecule has 17 heavy (non-hydrogen) atoms. The van der Waals surface area contributed by atoms with Crippen LogP contribution in [0.5, 0.6) is 0 Å². The number of thiocarbonyl (C=S) groups is 1. The Bertz CT molecular complexity index is 303. The highest BCUT2D eigenvalue weighted by Crippen LogP contribution is 2.40. The molecule has 2 N–H and O–H groups in total. The van der Waals surface area contributed by atoms with E-state index in [4.69, 9.17) is 18.0 Å². The number of amides is 1. The lowest BCUT2D eigenvalue weighted by Gasteiger charge is -2.33. The fourth-order valence-electron chi connectivity index (χ4n) is 3.12. The molecule has 0 aromatic heterocycles. The monoisotopic (exact) mass is 254 g/mol. The van der Waals surface area contributed by atoms with Crippen molar-refractivity contribution >= 4 is 23.1 Å². The molecule has 3 nitrogen and oxygen atoms in total. The van der Waals surface area contributed by atoms with E-state index in [0.29, 0.717) is 4.99 Å². The van der Waals surface area contributed by atoms with Gasteiger partial charge in [0, 0.05) is 13.1 Å². The molecule has 1 aliphatic carbocycles. The van der Waals surface area contributed by atoms with Crippen molar-refractivity contribution in [1.82, 2.24) is 4.90 Å². The van der Waals surface area contributed by atoms with Gasteiger partial charge in [-0.3, -0.25) is 4.79 Å². The first-order chi connectivity index (χ1) is 8.17. The molecule has 0 radical (unpaired) electrons. The minimum atomic E-state index is -0.500. The van der Waals surface area contributed by atoms with E-state index in [1.165, 1.54) is 12.8 Å². The van der Waals surface area contributed by atoms with E-state index in [-0.39, 0.29) is 5.91 Å². The predicted molar refractivity (Wildman–Crippen MR) is 72.7 cm³/mol. The van der Waals surface area contributed by atoms with Crippen LogP contribution < -0.4 is 5.73 Å². The minimum Gasteiger partial charge on any atom is -0.392 e. The second kappa shape index (κ2) is 5.34. The molecule has 0 unspecified atom stereocenters. The van der Waals surface area contributed by atoms with Gasteiger partial charge in [0.25, 0.3) is 0 Å². The first-order valence-electron chi connectivity index (χ1n) is 6.76. The summed E-state index contributed by atoms with van der Waals surface area (Å²) in [6.45, 7) is 1.78. The van der Waals surface area contributed by atoms with Crippen LogP contribution in [0.15, 0.2) is 0 Å². The summed E-state index contributed by atoms with van der Waals surface area (Å²) in [5, 5.41) is 0. The van der Waals surface area contributed by atoms with Gasteiger partial charge in [0.1, 0.15) is 0 Å². The maximum Gasteiger partial charge on any atom is 0.235 e. The van der Waals surface area contributed by atoms with E-state index < -0.39 is 5.41 Å². The number of rotatable bonds is 2. The second-order valence-electron chi connectivity index (χ2n) is 5.36. The summed E-state index contributed by atoms with van der Waals surface area (Å²) < 4.78 is 0. The Labute approximate surface area is 109 Å². The molecule has 0 bridgehead atoms. The maximum absolute atomic E-state index is 12.7. The zero-order valence-electron chi connectivity index (χ0n) is 10.4. The molecule has 0 aromatic carbocycles. The molecular weight excluding hydrogens is 232 g/mol. The molecular formula is C13H22N2OS. The van der Waals surface area contributed by atoms with Gasteiger partial charge in [-0.25, -0.2) is 0 Å². The molecule has 1 saturated carbocycles. The van der Waals surface area contributed by atoms with E-state index in [1.54, 1.807) is 0 Å². The van der Waals surface area contributed by atoms with Gasteiger partial charge in [-0.05, 0) is 25.7 Å². The number of hydrogen-bond acceptors (Lipinski definition) is 2. The van der Waals surface area contributed by atoms with Crippen molar-refractivity contribution in [2.45, 2.75) is 51.4 Å². The van der Waals surface area contributed by atoms with Crippen LogP contribution in [0.25, 0.3) is 0 Å². The zero-order valence-corrected chi connectivity index (χ0v) is 11.2. The van der Waals surface area contributed by atoms with Crippen LogP contribution in [0.1, 0.15) is 51.4 Å². The number of hydrogen-bond donors (Lipinski definition) is 1. The minimum absolute atomic E-state index is 0.212. The highest BCUT2D eigenvalue weighted by molar-refractivity contribution is 7.80. The Hall–Kier alpha value is -0.640. The zero-order chi connectivity index (χ0) is 12.3. The van der Waals surface area contributed by atoms with Crippen molar-refractivity contribution in [3.05, 3.63) is 0 Å². The highest BCUT2D eigenvalue weighted by Gasteiger charge is 2.45. The fourth-order valence-corrected chi connectivity index (χ4v) is 3.41. The number of likely N-dealkylation sites (tertiary alicyclic amines) is 1. The first kappa shape index (κ1) is 12.8. The Morgan fingerprint density at radius 3 is 2.00 bits per heavy atom. The molecule has 1 amide bonds. The Balaban J connectivity index is 2.13. The molecule has 0 atom stereocenters. The van der Waals surface area contributed by atoms with Crippen LogP contribution in [0.2, 0.25) is 0 Å². The summed E-state index contributed by atoms with van der Waals surface area (Å²) in [4.78, 5) is 15.1. The van der Waals surface area contributed by atoms with Crippen LogP contribution in [-0.4, -0.2) is 28.9 Å². The Kier molecular flexibility index (Phi) is 4.02. The smallest absolute Gasteiger partial charge is 0.235 e. The van der Waals surface area contributed by atoms with Crippen LogP contribution in [0.3, 0.4) is 0 Å². The summed E-state index contributed by atoms with van der Waals surface area (Å²) >= 11 is 5.18. The van der Waals surface area contributed by atoms with Gasteiger partial charge in [-0.15, -0.1) is 0 Å². The molecule has 2 fully saturated rings. The number of carbonyl (C=O) groups is 1. The number of nitrogens with zero attached hydrogens (tertiary/aromatic N) is 1. The molecule has 96 valence electrons. The van der Waals surface area contributed by atoms with Crippen LogP contribution in [0.4, 0.5) is 0 Å². The number of carbonyl (C=O) groups excluding carboxylic acids is 1. The van der Waals surface area contributed by atoms with E-state index in [9.17, 15) is 4.79 Å². The lowest BCUT2D eigenvalue weighted by Crippen LogP contribution is -2.49. The molecule has 2 aliphatic rings. The van der Waals surface area contributed by atoms with E-state index >= 15 is 0 Å². The van der Waals surface area contributed by atoms with E-state index in [0.717, 1.165) is 51.6 Å². The average molecular weight is 254 g/mol. The highest BCUT2D eigenvalue weighted by atomic mass is 32.1. The van der Waals surface area contributed by atoms with Crippen molar-refractivity contribution < 1.29 is 4.79 Å². The summed E-state index contributed by atoms with van der Waals surface area (Å²) in [6.07, 6.45) is 8.61. The molecule has 1 heterocycles. The van der Waals surface area contributed by atoms with Gasteiger partial charge in [0.05, 0.1) is 10.4 Å². The maximum atomic E-state index is 12.7. The predicted octanol–water partition coefficient (Wildman–Crippen LogP) is 2.24. The largest absolute Gasteiger partial charge is 0.392 e. The summed E-state index contributed by atoms with van der Waals surface area (Å²) in [5.74, 6) is 0.212. The molecule has 0 spiro atoms. The molecule has 0 aromatic rings. The van der Waals surface area contributed by atoms with Crippen molar-refractivity contribution in [2.75, 3.05) is 13.1 Å². The third-order valence-corrected chi connectivity index (χ3v) is 4.62. The summed E-state index contributed by atoms with van der Waals surface area (Å²) in [7, 11) is 0. The molecule has 1 aliphatic heterocycles. The quantitative estimate of drug-likeness (QED) is 0.769. The summed E-state index contributed by atoms with van der Waals surface area (Å²) in [6, 6.07) is 0. The topological polar surface area (TPSA) is 46.3 Å². The van der Waals surface area contributed by atoms with Gasteiger partial charge < -0.3 is 10.6 Å². The van der Waals surface area contributed by atoms with Crippen LogP contribution in [-0.2, 0) is 4.79 Å². The molecule has 4 heteroatoms. The van der Waals surface area contributed by atoms with Gasteiger partial charge in [0.2, 0.25) is 5.91 Å².